The predicted octanol–water partition coefficient (Wildman–Crippen LogP) is 3.32. The SMILES string of the molecule is CCOc1ccccc1OCCN1CCCC1CBr. The van der Waals surface area contributed by atoms with E-state index in [1.165, 1.54) is 19.4 Å². The van der Waals surface area contributed by atoms with Gasteiger partial charge in [0.2, 0.25) is 0 Å². The van der Waals surface area contributed by atoms with Gasteiger partial charge in [-0.1, -0.05) is 28.1 Å². The second-order valence-corrected chi connectivity index (χ2v) is 5.36. The van der Waals surface area contributed by atoms with Crippen LogP contribution in [0.25, 0.3) is 0 Å². The summed E-state index contributed by atoms with van der Waals surface area (Å²) in [6.07, 6.45) is 2.59. The van der Waals surface area contributed by atoms with Crippen LogP contribution in [0.3, 0.4) is 0 Å². The molecule has 1 heterocycles. The monoisotopic (exact) mass is 327 g/mol. The highest BCUT2D eigenvalue weighted by molar-refractivity contribution is 9.09. The zero-order valence-corrected chi connectivity index (χ0v) is 13.1. The third-order valence-corrected chi connectivity index (χ3v) is 4.21. The van der Waals surface area contributed by atoms with Gasteiger partial charge in [0.25, 0.3) is 0 Å². The van der Waals surface area contributed by atoms with Crippen LogP contribution in [0.4, 0.5) is 0 Å². The highest BCUT2D eigenvalue weighted by Gasteiger charge is 2.22. The van der Waals surface area contributed by atoms with Gasteiger partial charge >= 0.3 is 0 Å². The summed E-state index contributed by atoms with van der Waals surface area (Å²) in [6, 6.07) is 8.55. The van der Waals surface area contributed by atoms with E-state index in [1.54, 1.807) is 0 Å². The summed E-state index contributed by atoms with van der Waals surface area (Å²) < 4.78 is 11.4. The molecule has 0 bridgehead atoms. The van der Waals surface area contributed by atoms with Crippen LogP contribution in [0.15, 0.2) is 24.3 Å². The summed E-state index contributed by atoms with van der Waals surface area (Å²) in [6.45, 7) is 5.54. The first kappa shape index (κ1) is 14.7. The Labute approximate surface area is 124 Å². The molecule has 19 heavy (non-hydrogen) atoms. The quantitative estimate of drug-likeness (QED) is 0.717. The molecule has 1 aromatic rings. The summed E-state index contributed by atoms with van der Waals surface area (Å²) in [5.41, 5.74) is 0. The third-order valence-electron chi connectivity index (χ3n) is 3.46. The van der Waals surface area contributed by atoms with Crippen LogP contribution in [0.5, 0.6) is 11.5 Å². The van der Waals surface area contributed by atoms with E-state index in [0.29, 0.717) is 19.3 Å². The molecule has 3 nitrogen and oxygen atoms in total. The maximum absolute atomic E-state index is 5.86. The maximum atomic E-state index is 5.86. The minimum atomic E-state index is 0.665. The minimum Gasteiger partial charge on any atom is -0.490 e. The second kappa shape index (κ2) is 7.75. The number of hydrogen-bond donors (Lipinski definition) is 0. The van der Waals surface area contributed by atoms with Crippen LogP contribution in [0, 0.1) is 0 Å². The molecule has 106 valence electrons. The number of likely N-dealkylation sites (tertiary alicyclic amines) is 1. The molecule has 1 aliphatic heterocycles. The largest absolute Gasteiger partial charge is 0.490 e. The van der Waals surface area contributed by atoms with Crippen molar-refractivity contribution in [2.24, 2.45) is 0 Å². The van der Waals surface area contributed by atoms with Crippen LogP contribution >= 0.6 is 15.9 Å². The van der Waals surface area contributed by atoms with Crippen molar-refractivity contribution in [3.05, 3.63) is 24.3 Å². The van der Waals surface area contributed by atoms with Crippen molar-refractivity contribution in [2.75, 3.05) is 31.6 Å². The number of hydrogen-bond acceptors (Lipinski definition) is 3. The van der Waals surface area contributed by atoms with Crippen molar-refractivity contribution in [3.8, 4) is 11.5 Å². The van der Waals surface area contributed by atoms with Gasteiger partial charge in [-0.3, -0.25) is 4.90 Å². The number of nitrogens with zero attached hydrogens (tertiary/aromatic N) is 1. The standard InChI is InChI=1S/C15H22BrNO2/c1-2-18-14-7-3-4-8-15(14)19-11-10-17-9-5-6-13(17)12-16/h3-4,7-8,13H,2,5-6,9-12H2,1H3. The van der Waals surface area contributed by atoms with E-state index in [9.17, 15) is 0 Å². The van der Waals surface area contributed by atoms with Crippen molar-refractivity contribution < 1.29 is 9.47 Å². The molecule has 1 aromatic carbocycles. The lowest BCUT2D eigenvalue weighted by Gasteiger charge is -2.22. The molecular formula is C15H22BrNO2. The molecule has 2 rings (SSSR count). The van der Waals surface area contributed by atoms with Gasteiger partial charge < -0.3 is 9.47 Å². The highest BCUT2D eigenvalue weighted by atomic mass is 79.9. The Bertz CT molecular complexity index is 386. The number of ether oxygens (including phenoxy) is 2. The normalized spacial score (nSPS) is 19.6. The molecule has 0 N–H and O–H groups in total. The van der Waals surface area contributed by atoms with Gasteiger partial charge in [-0.2, -0.15) is 0 Å². The number of benzene rings is 1. The Morgan fingerprint density at radius 3 is 2.68 bits per heavy atom. The Morgan fingerprint density at radius 2 is 2.00 bits per heavy atom. The van der Waals surface area contributed by atoms with Crippen molar-refractivity contribution in [1.29, 1.82) is 0 Å². The van der Waals surface area contributed by atoms with Gasteiger partial charge in [-0.25, -0.2) is 0 Å². The summed E-state index contributed by atoms with van der Waals surface area (Å²) in [5, 5.41) is 1.06. The van der Waals surface area contributed by atoms with Crippen molar-refractivity contribution in [1.82, 2.24) is 4.90 Å². The van der Waals surface area contributed by atoms with Crippen LogP contribution in [-0.4, -0.2) is 42.6 Å². The number of halogens is 1. The zero-order valence-electron chi connectivity index (χ0n) is 11.5. The number of rotatable bonds is 7. The Hall–Kier alpha value is -0.740. The van der Waals surface area contributed by atoms with Crippen molar-refractivity contribution >= 4 is 15.9 Å². The van der Waals surface area contributed by atoms with E-state index in [2.05, 4.69) is 20.8 Å². The van der Waals surface area contributed by atoms with Crippen LogP contribution in [0.1, 0.15) is 19.8 Å². The molecule has 1 fully saturated rings. The molecule has 1 saturated heterocycles. The van der Waals surface area contributed by atoms with Gasteiger partial charge in [0.1, 0.15) is 6.61 Å². The average molecular weight is 328 g/mol. The van der Waals surface area contributed by atoms with Gasteiger partial charge in [0, 0.05) is 17.9 Å². The molecule has 1 aliphatic rings. The lowest BCUT2D eigenvalue weighted by atomic mass is 10.2. The van der Waals surface area contributed by atoms with E-state index in [-0.39, 0.29) is 0 Å². The maximum Gasteiger partial charge on any atom is 0.161 e. The molecule has 0 aromatic heterocycles. The van der Waals surface area contributed by atoms with Crippen molar-refractivity contribution in [2.45, 2.75) is 25.8 Å². The van der Waals surface area contributed by atoms with Gasteiger partial charge in [-0.15, -0.1) is 0 Å². The summed E-state index contributed by atoms with van der Waals surface area (Å²) in [5.74, 6) is 1.68. The first-order valence-corrected chi connectivity index (χ1v) is 8.12. The summed E-state index contributed by atoms with van der Waals surface area (Å²) >= 11 is 3.58. The first-order valence-electron chi connectivity index (χ1n) is 6.99. The molecule has 4 heteroatoms. The molecule has 1 unspecified atom stereocenters. The van der Waals surface area contributed by atoms with Crippen molar-refractivity contribution in [3.63, 3.8) is 0 Å². The Morgan fingerprint density at radius 1 is 1.26 bits per heavy atom. The first-order chi connectivity index (χ1) is 9.35. The van der Waals surface area contributed by atoms with Gasteiger partial charge in [0.05, 0.1) is 6.61 Å². The van der Waals surface area contributed by atoms with E-state index in [1.807, 2.05) is 31.2 Å². The topological polar surface area (TPSA) is 21.7 Å². The Balaban J connectivity index is 1.82. The summed E-state index contributed by atoms with van der Waals surface area (Å²) in [4.78, 5) is 2.50. The van der Waals surface area contributed by atoms with Crippen LogP contribution < -0.4 is 9.47 Å². The molecule has 0 radical (unpaired) electrons. The number of alkyl halides is 1. The minimum absolute atomic E-state index is 0.665. The Kier molecular flexibility index (Phi) is 5.98. The average Bonchev–Trinajstić information content (AvgIpc) is 2.88. The molecule has 1 atom stereocenters. The molecule has 0 amide bonds. The molecule has 0 spiro atoms. The van der Waals surface area contributed by atoms with E-state index in [0.717, 1.165) is 23.4 Å². The lowest BCUT2D eigenvalue weighted by molar-refractivity contribution is 0.200. The fourth-order valence-corrected chi connectivity index (χ4v) is 3.21. The van der Waals surface area contributed by atoms with E-state index < -0.39 is 0 Å². The van der Waals surface area contributed by atoms with Gasteiger partial charge in [-0.05, 0) is 38.4 Å². The van der Waals surface area contributed by atoms with Gasteiger partial charge in [0.15, 0.2) is 11.5 Å². The smallest absolute Gasteiger partial charge is 0.161 e. The predicted molar refractivity (Wildman–Crippen MR) is 81.5 cm³/mol. The third kappa shape index (κ3) is 4.11. The van der Waals surface area contributed by atoms with E-state index >= 15 is 0 Å². The zero-order chi connectivity index (χ0) is 13.5. The van der Waals surface area contributed by atoms with Crippen LogP contribution in [-0.2, 0) is 0 Å². The lowest BCUT2D eigenvalue weighted by Crippen LogP contribution is -2.34. The molecule has 0 saturated carbocycles. The highest BCUT2D eigenvalue weighted by Crippen LogP contribution is 2.26. The second-order valence-electron chi connectivity index (χ2n) is 4.71. The van der Waals surface area contributed by atoms with Crippen LogP contribution in [0.2, 0.25) is 0 Å². The van der Waals surface area contributed by atoms with E-state index in [4.69, 9.17) is 9.47 Å². The summed E-state index contributed by atoms with van der Waals surface area (Å²) in [7, 11) is 0. The fraction of sp³-hybridized carbons (Fsp3) is 0.600. The fourth-order valence-electron chi connectivity index (χ4n) is 2.48. The molecular weight excluding hydrogens is 306 g/mol. The molecule has 0 aliphatic carbocycles. The number of para-hydroxylation sites is 2.